The van der Waals surface area contributed by atoms with Crippen LogP contribution in [0.25, 0.3) is 10.9 Å². The van der Waals surface area contributed by atoms with Crippen LogP contribution in [0.15, 0.2) is 59.5 Å². The highest BCUT2D eigenvalue weighted by molar-refractivity contribution is 5.95. The number of nitrogens with zero attached hydrogens (tertiary/aromatic N) is 5. The van der Waals surface area contributed by atoms with Gasteiger partial charge in [0.1, 0.15) is 17.3 Å². The predicted octanol–water partition coefficient (Wildman–Crippen LogP) is 5.38. The first-order chi connectivity index (χ1) is 18.6. The van der Waals surface area contributed by atoms with Gasteiger partial charge in [-0.2, -0.15) is 0 Å². The molecule has 0 radical (unpaired) electrons. The number of aryl methyl sites for hydroxylation is 1. The summed E-state index contributed by atoms with van der Waals surface area (Å²) >= 11 is 0. The van der Waals surface area contributed by atoms with E-state index in [2.05, 4.69) is 20.3 Å². The van der Waals surface area contributed by atoms with Crippen molar-refractivity contribution in [2.45, 2.75) is 26.3 Å². The van der Waals surface area contributed by atoms with E-state index in [9.17, 15) is 18.4 Å². The maximum Gasteiger partial charge on any atom is 0.324 e. The fraction of sp³-hybridized carbons (Fsp3) is 0.286. The summed E-state index contributed by atoms with van der Waals surface area (Å²) in [7, 11) is 3.56. The number of likely N-dealkylation sites (N-methyl/N-ethyl adjacent to an activating group) is 1. The summed E-state index contributed by atoms with van der Waals surface area (Å²) in [5, 5.41) is 4.12. The summed E-state index contributed by atoms with van der Waals surface area (Å²) in [6.07, 6.45) is -0.946. The molecule has 0 aliphatic carbocycles. The third-order valence-corrected chi connectivity index (χ3v) is 6.96. The van der Waals surface area contributed by atoms with Crippen molar-refractivity contribution in [3.05, 3.63) is 82.0 Å². The molecule has 202 valence electrons. The maximum atomic E-state index is 13.2. The van der Waals surface area contributed by atoms with Crippen molar-refractivity contribution in [2.75, 3.05) is 42.3 Å². The minimum atomic E-state index is -2.55. The van der Waals surface area contributed by atoms with E-state index in [1.165, 1.54) is 17.0 Å². The van der Waals surface area contributed by atoms with Gasteiger partial charge in [0, 0.05) is 56.1 Å². The second-order valence-electron chi connectivity index (χ2n) is 9.64. The lowest BCUT2D eigenvalue weighted by atomic mass is 10.0. The number of carbonyl (C=O) groups is 1. The number of hydrogen-bond donors (Lipinski definition) is 2. The summed E-state index contributed by atoms with van der Waals surface area (Å²) in [6.45, 7) is 4.67. The number of aromatic nitrogens is 3. The zero-order chi connectivity index (χ0) is 27.8. The van der Waals surface area contributed by atoms with Crippen LogP contribution < -0.4 is 20.7 Å². The molecule has 3 heterocycles. The number of aromatic amines is 1. The standard InChI is InChI=1S/C28H29F2N7O2/c1-16(18-6-5-7-19(12-18)25(29)30)32-26-22-13-20(8-9-23(22)33-17(2)34-26)36(4)21-14-24(27(38)31-15-21)37-11-10-35(3)28(37)39/h5-9,12-16,25H,10-11H2,1-4H3,(H,31,38)(H,32,33,34)/t16-/m1/s1. The largest absolute Gasteiger partial charge is 0.363 e. The smallest absolute Gasteiger partial charge is 0.324 e. The highest BCUT2D eigenvalue weighted by Gasteiger charge is 2.29. The Labute approximate surface area is 224 Å². The van der Waals surface area contributed by atoms with Crippen molar-refractivity contribution in [2.24, 2.45) is 0 Å². The molecule has 1 aliphatic rings. The van der Waals surface area contributed by atoms with Crippen molar-refractivity contribution >= 4 is 39.8 Å². The van der Waals surface area contributed by atoms with E-state index in [4.69, 9.17) is 0 Å². The van der Waals surface area contributed by atoms with Crippen LogP contribution in [0.2, 0.25) is 0 Å². The molecule has 0 bridgehead atoms. The average Bonchev–Trinajstić information content (AvgIpc) is 3.25. The lowest BCUT2D eigenvalue weighted by Gasteiger charge is -2.23. The fourth-order valence-electron chi connectivity index (χ4n) is 4.68. The molecule has 11 heteroatoms. The van der Waals surface area contributed by atoms with Gasteiger partial charge >= 0.3 is 6.03 Å². The molecule has 0 unspecified atom stereocenters. The van der Waals surface area contributed by atoms with Crippen LogP contribution in [0.4, 0.5) is 36.5 Å². The highest BCUT2D eigenvalue weighted by atomic mass is 19.3. The number of urea groups is 1. The first-order valence-corrected chi connectivity index (χ1v) is 12.5. The number of amides is 2. The second-order valence-corrected chi connectivity index (χ2v) is 9.64. The van der Waals surface area contributed by atoms with Gasteiger partial charge in [-0.1, -0.05) is 18.2 Å². The molecule has 2 aromatic heterocycles. The van der Waals surface area contributed by atoms with Crippen LogP contribution in [0.3, 0.4) is 0 Å². The van der Waals surface area contributed by atoms with E-state index in [1.54, 1.807) is 43.3 Å². The molecule has 1 fully saturated rings. The first-order valence-electron chi connectivity index (χ1n) is 12.5. The number of halogens is 2. The van der Waals surface area contributed by atoms with Gasteiger partial charge < -0.3 is 20.1 Å². The highest BCUT2D eigenvalue weighted by Crippen LogP contribution is 2.32. The Kier molecular flexibility index (Phi) is 6.90. The van der Waals surface area contributed by atoms with Gasteiger partial charge in [0.15, 0.2) is 0 Å². The Morgan fingerprint density at radius 1 is 1.03 bits per heavy atom. The van der Waals surface area contributed by atoms with Crippen molar-refractivity contribution in [1.29, 1.82) is 0 Å². The molecule has 9 nitrogen and oxygen atoms in total. The average molecular weight is 534 g/mol. The Morgan fingerprint density at radius 3 is 2.51 bits per heavy atom. The van der Waals surface area contributed by atoms with E-state index in [-0.39, 0.29) is 28.9 Å². The van der Waals surface area contributed by atoms with Crippen molar-refractivity contribution < 1.29 is 13.6 Å². The maximum absolute atomic E-state index is 13.2. The second kappa shape index (κ2) is 10.3. The van der Waals surface area contributed by atoms with Crippen LogP contribution >= 0.6 is 0 Å². The van der Waals surface area contributed by atoms with Gasteiger partial charge in [-0.05, 0) is 49.7 Å². The molecule has 1 saturated heterocycles. The lowest BCUT2D eigenvalue weighted by Crippen LogP contribution is -2.33. The molecule has 4 aromatic rings. The van der Waals surface area contributed by atoms with Crippen molar-refractivity contribution in [1.82, 2.24) is 19.9 Å². The monoisotopic (exact) mass is 533 g/mol. The molecule has 2 N–H and O–H groups in total. The van der Waals surface area contributed by atoms with E-state index in [0.29, 0.717) is 36.0 Å². The van der Waals surface area contributed by atoms with E-state index in [0.717, 1.165) is 16.6 Å². The third kappa shape index (κ3) is 5.12. The van der Waals surface area contributed by atoms with Crippen LogP contribution in [0, 0.1) is 6.92 Å². The van der Waals surface area contributed by atoms with Crippen LogP contribution in [0.1, 0.15) is 36.3 Å². The summed E-state index contributed by atoms with van der Waals surface area (Å²) in [6, 6.07) is 13.2. The van der Waals surface area contributed by atoms with Crippen molar-refractivity contribution in [3.8, 4) is 0 Å². The molecular weight excluding hydrogens is 504 g/mol. The number of pyridine rings is 1. The van der Waals surface area contributed by atoms with Gasteiger partial charge in [0.25, 0.3) is 12.0 Å². The molecule has 2 amide bonds. The van der Waals surface area contributed by atoms with Gasteiger partial charge in [-0.25, -0.2) is 23.5 Å². The number of nitrogens with one attached hydrogen (secondary N) is 2. The molecule has 39 heavy (non-hydrogen) atoms. The number of benzene rings is 2. The first kappa shape index (κ1) is 26.1. The van der Waals surface area contributed by atoms with Crippen LogP contribution in [-0.2, 0) is 0 Å². The Bertz CT molecular complexity index is 1610. The molecule has 2 aromatic carbocycles. The van der Waals surface area contributed by atoms with Gasteiger partial charge in [0.05, 0.1) is 11.2 Å². The number of hydrogen-bond acceptors (Lipinski definition) is 6. The van der Waals surface area contributed by atoms with E-state index >= 15 is 0 Å². The predicted molar refractivity (Wildman–Crippen MR) is 148 cm³/mol. The van der Waals surface area contributed by atoms with Gasteiger partial charge in [-0.3, -0.25) is 9.69 Å². The molecule has 5 rings (SSSR count). The minimum absolute atomic E-state index is 0.0312. The number of H-pyrrole nitrogens is 1. The zero-order valence-corrected chi connectivity index (χ0v) is 22.1. The minimum Gasteiger partial charge on any atom is -0.363 e. The third-order valence-electron chi connectivity index (χ3n) is 6.96. The van der Waals surface area contributed by atoms with Crippen LogP contribution in [-0.4, -0.2) is 53.1 Å². The summed E-state index contributed by atoms with van der Waals surface area (Å²) in [4.78, 5) is 41.9. The lowest BCUT2D eigenvalue weighted by molar-refractivity contribution is 0.151. The van der Waals surface area contributed by atoms with Crippen LogP contribution in [0.5, 0.6) is 0 Å². The molecular formula is C28H29F2N7O2. The number of anilines is 4. The van der Waals surface area contributed by atoms with Crippen molar-refractivity contribution in [3.63, 3.8) is 0 Å². The number of carbonyl (C=O) groups excluding carboxylic acids is 1. The molecule has 1 atom stereocenters. The number of rotatable bonds is 7. The number of fused-ring (bicyclic) bond motifs is 1. The van der Waals surface area contributed by atoms with Gasteiger partial charge in [-0.15, -0.1) is 0 Å². The van der Waals surface area contributed by atoms with E-state index in [1.807, 2.05) is 37.1 Å². The Morgan fingerprint density at radius 2 is 1.79 bits per heavy atom. The Balaban J connectivity index is 1.48. The normalized spacial score (nSPS) is 14.4. The zero-order valence-electron chi connectivity index (χ0n) is 22.1. The summed E-state index contributed by atoms with van der Waals surface area (Å²) in [5.41, 5.74) is 2.85. The fourth-order valence-corrected chi connectivity index (χ4v) is 4.68. The number of alkyl halides is 2. The Hall–Kier alpha value is -4.54. The molecule has 0 spiro atoms. The summed E-state index contributed by atoms with van der Waals surface area (Å²) in [5.74, 6) is 1.15. The van der Waals surface area contributed by atoms with E-state index < -0.39 is 6.43 Å². The summed E-state index contributed by atoms with van der Waals surface area (Å²) < 4.78 is 26.5. The molecule has 0 saturated carbocycles. The topological polar surface area (TPSA) is 97.5 Å². The molecule has 1 aliphatic heterocycles. The quantitative estimate of drug-likeness (QED) is 0.331. The van der Waals surface area contributed by atoms with Gasteiger partial charge in [0.2, 0.25) is 0 Å². The SMILES string of the molecule is Cc1nc(N[C@H](C)c2cccc(C(F)F)c2)c2cc(N(C)c3c[nH]c(=O)c(N4CCN(C)C4=O)c3)ccc2n1.